The zero-order valence-corrected chi connectivity index (χ0v) is 17.3. The number of methoxy groups -OCH3 is 1. The molecule has 1 atom stereocenters. The number of piperidine rings is 1. The van der Waals surface area contributed by atoms with Gasteiger partial charge < -0.3 is 15.0 Å². The summed E-state index contributed by atoms with van der Waals surface area (Å²) in [5.41, 5.74) is 1.13. The Bertz CT molecular complexity index is 948. The van der Waals surface area contributed by atoms with E-state index in [0.29, 0.717) is 34.3 Å². The Labute approximate surface area is 178 Å². The Hall–Kier alpha value is -2.57. The minimum atomic E-state index is -0.618. The molecule has 0 saturated carbocycles. The summed E-state index contributed by atoms with van der Waals surface area (Å²) in [6.07, 6.45) is 2.19. The Kier molecular flexibility index (Phi) is 6.77. The number of ether oxygens (including phenoxy) is 1. The van der Waals surface area contributed by atoms with Crippen LogP contribution < -0.4 is 5.32 Å². The topological polar surface area (TPSA) is 75.7 Å². The van der Waals surface area contributed by atoms with E-state index in [1.165, 1.54) is 13.2 Å². The summed E-state index contributed by atoms with van der Waals surface area (Å²) in [6, 6.07) is 10.5. The maximum Gasteiger partial charge on any atom is 0.337 e. The summed E-state index contributed by atoms with van der Waals surface area (Å²) in [5, 5.41) is 3.53. The van der Waals surface area contributed by atoms with Gasteiger partial charge in [0.05, 0.1) is 22.7 Å². The number of carbonyl (C=O) groups excluding carboxylic acids is 3. The van der Waals surface area contributed by atoms with E-state index >= 15 is 0 Å². The van der Waals surface area contributed by atoms with Crippen LogP contribution >= 0.6 is 23.2 Å². The van der Waals surface area contributed by atoms with E-state index in [1.807, 2.05) is 0 Å². The number of likely N-dealkylation sites (tertiary alicyclic amines) is 1. The zero-order valence-electron chi connectivity index (χ0n) is 15.8. The SMILES string of the molecule is COC(=O)c1cccc(C(=O)N2CCCCC2C(=O)Nc2ccc(Cl)c(Cl)c2)c1. The van der Waals surface area contributed by atoms with Gasteiger partial charge in [-0.25, -0.2) is 4.79 Å². The van der Waals surface area contributed by atoms with Crippen LogP contribution in [0.25, 0.3) is 0 Å². The molecule has 6 nitrogen and oxygen atoms in total. The number of esters is 1. The summed E-state index contributed by atoms with van der Waals surface area (Å²) >= 11 is 11.9. The van der Waals surface area contributed by atoms with E-state index in [4.69, 9.17) is 27.9 Å². The van der Waals surface area contributed by atoms with Crippen LogP contribution in [0, 0.1) is 0 Å². The number of amides is 2. The van der Waals surface area contributed by atoms with Crippen LogP contribution in [-0.4, -0.2) is 42.4 Å². The van der Waals surface area contributed by atoms with Crippen molar-refractivity contribution in [3.63, 3.8) is 0 Å². The van der Waals surface area contributed by atoms with E-state index < -0.39 is 12.0 Å². The van der Waals surface area contributed by atoms with Crippen molar-refractivity contribution in [3.8, 4) is 0 Å². The average Bonchev–Trinajstić information content (AvgIpc) is 2.75. The first-order chi connectivity index (χ1) is 13.9. The second-order valence-corrected chi connectivity index (χ2v) is 7.52. The predicted octanol–water partition coefficient (Wildman–Crippen LogP) is 4.41. The smallest absolute Gasteiger partial charge is 0.337 e. The Morgan fingerprint density at radius 1 is 1.03 bits per heavy atom. The molecule has 0 radical (unpaired) electrons. The van der Waals surface area contributed by atoms with Crippen LogP contribution in [0.4, 0.5) is 5.69 Å². The largest absolute Gasteiger partial charge is 0.465 e. The molecule has 1 aliphatic heterocycles. The van der Waals surface area contributed by atoms with Crippen LogP contribution in [-0.2, 0) is 9.53 Å². The lowest BCUT2D eigenvalue weighted by Gasteiger charge is -2.34. The van der Waals surface area contributed by atoms with Crippen molar-refractivity contribution in [1.29, 1.82) is 0 Å². The molecule has 1 unspecified atom stereocenters. The highest BCUT2D eigenvalue weighted by molar-refractivity contribution is 6.42. The molecular formula is C21H20Cl2N2O4. The van der Waals surface area contributed by atoms with Gasteiger partial charge in [0, 0.05) is 17.8 Å². The second-order valence-electron chi connectivity index (χ2n) is 6.70. The van der Waals surface area contributed by atoms with Gasteiger partial charge in [0.25, 0.3) is 5.91 Å². The lowest BCUT2D eigenvalue weighted by molar-refractivity contribution is -0.121. The maximum absolute atomic E-state index is 13.1. The Morgan fingerprint density at radius 2 is 1.79 bits per heavy atom. The van der Waals surface area contributed by atoms with E-state index in [0.717, 1.165) is 12.8 Å². The van der Waals surface area contributed by atoms with Crippen molar-refractivity contribution < 1.29 is 19.1 Å². The fourth-order valence-electron chi connectivity index (χ4n) is 3.31. The molecule has 2 aromatic carbocycles. The summed E-state index contributed by atoms with van der Waals surface area (Å²) < 4.78 is 4.71. The summed E-state index contributed by atoms with van der Waals surface area (Å²) in [5.74, 6) is -1.11. The Balaban J connectivity index is 1.80. The molecule has 1 saturated heterocycles. The molecule has 0 aliphatic carbocycles. The van der Waals surface area contributed by atoms with Crippen molar-refractivity contribution in [3.05, 3.63) is 63.6 Å². The van der Waals surface area contributed by atoms with Crippen molar-refractivity contribution >= 4 is 46.7 Å². The Morgan fingerprint density at radius 3 is 2.52 bits per heavy atom. The molecule has 1 N–H and O–H groups in total. The number of nitrogens with one attached hydrogen (secondary N) is 1. The molecule has 2 amide bonds. The normalized spacial score (nSPS) is 16.2. The molecule has 3 rings (SSSR count). The molecule has 2 aromatic rings. The third-order valence-electron chi connectivity index (χ3n) is 4.78. The fraction of sp³-hybridized carbons (Fsp3) is 0.286. The average molecular weight is 435 g/mol. The molecule has 0 bridgehead atoms. The number of halogens is 2. The molecular weight excluding hydrogens is 415 g/mol. The maximum atomic E-state index is 13.1. The van der Waals surface area contributed by atoms with Gasteiger partial charge in [0.2, 0.25) is 5.91 Å². The summed E-state index contributed by atoms with van der Waals surface area (Å²) in [6.45, 7) is 0.459. The van der Waals surface area contributed by atoms with Gasteiger partial charge in [-0.15, -0.1) is 0 Å². The van der Waals surface area contributed by atoms with Crippen LogP contribution in [0.3, 0.4) is 0 Å². The zero-order chi connectivity index (χ0) is 21.0. The highest BCUT2D eigenvalue weighted by Crippen LogP contribution is 2.26. The number of anilines is 1. The highest BCUT2D eigenvalue weighted by Gasteiger charge is 2.33. The van der Waals surface area contributed by atoms with E-state index in [1.54, 1.807) is 41.3 Å². The fourth-order valence-corrected chi connectivity index (χ4v) is 3.61. The number of hydrogen-bond acceptors (Lipinski definition) is 4. The summed E-state index contributed by atoms with van der Waals surface area (Å²) in [7, 11) is 1.28. The molecule has 0 spiro atoms. The van der Waals surface area contributed by atoms with E-state index in [2.05, 4.69) is 5.32 Å². The first kappa shape index (κ1) is 21.1. The number of hydrogen-bond donors (Lipinski definition) is 1. The lowest BCUT2D eigenvalue weighted by Crippen LogP contribution is -2.50. The third-order valence-corrected chi connectivity index (χ3v) is 5.52. The van der Waals surface area contributed by atoms with Gasteiger partial charge in [0.1, 0.15) is 6.04 Å². The van der Waals surface area contributed by atoms with Gasteiger partial charge in [-0.2, -0.15) is 0 Å². The van der Waals surface area contributed by atoms with Crippen molar-refractivity contribution in [2.24, 2.45) is 0 Å². The minimum absolute atomic E-state index is 0.284. The van der Waals surface area contributed by atoms with E-state index in [-0.39, 0.29) is 17.4 Å². The van der Waals surface area contributed by atoms with Crippen LogP contribution in [0.15, 0.2) is 42.5 Å². The van der Waals surface area contributed by atoms with Crippen LogP contribution in [0.1, 0.15) is 40.0 Å². The van der Waals surface area contributed by atoms with Gasteiger partial charge in [-0.1, -0.05) is 29.3 Å². The van der Waals surface area contributed by atoms with Crippen molar-refractivity contribution in [2.45, 2.75) is 25.3 Å². The lowest BCUT2D eigenvalue weighted by atomic mass is 9.99. The molecule has 152 valence electrons. The molecule has 8 heteroatoms. The van der Waals surface area contributed by atoms with Gasteiger partial charge in [0.15, 0.2) is 0 Å². The highest BCUT2D eigenvalue weighted by atomic mass is 35.5. The first-order valence-electron chi connectivity index (χ1n) is 9.16. The van der Waals surface area contributed by atoms with Crippen molar-refractivity contribution in [2.75, 3.05) is 19.0 Å². The molecule has 1 fully saturated rings. The predicted molar refractivity (Wildman–Crippen MR) is 112 cm³/mol. The molecule has 1 heterocycles. The number of carbonyl (C=O) groups is 3. The number of rotatable bonds is 4. The minimum Gasteiger partial charge on any atom is -0.465 e. The monoisotopic (exact) mass is 434 g/mol. The summed E-state index contributed by atoms with van der Waals surface area (Å²) in [4.78, 5) is 39.3. The second kappa shape index (κ2) is 9.29. The molecule has 29 heavy (non-hydrogen) atoms. The standard InChI is InChI=1S/C21H20Cl2N2O4/c1-29-21(28)14-6-4-5-13(11-14)20(27)25-10-3-2-7-18(25)19(26)24-15-8-9-16(22)17(23)12-15/h4-6,8-9,11-12,18H,2-3,7,10H2,1H3,(H,24,26). The van der Waals surface area contributed by atoms with Gasteiger partial charge in [-0.3, -0.25) is 9.59 Å². The van der Waals surface area contributed by atoms with E-state index in [9.17, 15) is 14.4 Å². The quantitative estimate of drug-likeness (QED) is 0.722. The van der Waals surface area contributed by atoms with Crippen molar-refractivity contribution in [1.82, 2.24) is 4.90 Å². The van der Waals surface area contributed by atoms with Crippen LogP contribution in [0.5, 0.6) is 0 Å². The van der Waals surface area contributed by atoms with Gasteiger partial charge in [-0.05, 0) is 55.7 Å². The first-order valence-corrected chi connectivity index (χ1v) is 9.91. The molecule has 1 aliphatic rings. The number of nitrogens with zero attached hydrogens (tertiary/aromatic N) is 1. The van der Waals surface area contributed by atoms with Gasteiger partial charge >= 0.3 is 5.97 Å². The van der Waals surface area contributed by atoms with Crippen LogP contribution in [0.2, 0.25) is 10.0 Å². The molecule has 0 aromatic heterocycles. The third kappa shape index (κ3) is 4.89. The number of benzene rings is 2.